The van der Waals surface area contributed by atoms with Gasteiger partial charge in [0.25, 0.3) is 0 Å². The van der Waals surface area contributed by atoms with E-state index in [1.807, 2.05) is 16.8 Å². The van der Waals surface area contributed by atoms with E-state index in [-0.39, 0.29) is 11.8 Å². The van der Waals surface area contributed by atoms with Crippen LogP contribution in [-0.4, -0.2) is 17.6 Å². The van der Waals surface area contributed by atoms with Gasteiger partial charge in [0.1, 0.15) is 5.60 Å². The van der Waals surface area contributed by atoms with Gasteiger partial charge in [0.2, 0.25) is 5.91 Å². The Kier molecular flexibility index (Phi) is 3.30. The van der Waals surface area contributed by atoms with Crippen molar-refractivity contribution in [2.75, 3.05) is 6.54 Å². The average Bonchev–Trinajstić information content (AvgIpc) is 2.65. The summed E-state index contributed by atoms with van der Waals surface area (Å²) < 4.78 is 0. The predicted octanol–water partition coefficient (Wildman–Crippen LogP) is 1.87. The number of carbonyl (C=O) groups excluding carboxylic acids is 1. The fourth-order valence-corrected chi connectivity index (χ4v) is 2.53. The molecule has 88 valence electrons. The molecular formula is C12H17NO2S. The topological polar surface area (TPSA) is 49.3 Å². The molecule has 4 heteroatoms. The Morgan fingerprint density at radius 1 is 1.69 bits per heavy atom. The lowest BCUT2D eigenvalue weighted by Gasteiger charge is -2.27. The van der Waals surface area contributed by atoms with E-state index in [1.165, 1.54) is 0 Å². The minimum atomic E-state index is -0.959. The molecule has 1 amide bonds. The second-order valence-corrected chi connectivity index (χ2v) is 5.41. The van der Waals surface area contributed by atoms with Crippen LogP contribution in [0.4, 0.5) is 0 Å². The Bertz CT molecular complexity index is 355. The number of aliphatic hydroxyl groups is 1. The van der Waals surface area contributed by atoms with Gasteiger partial charge in [-0.25, -0.2) is 0 Å². The fraction of sp³-hybridized carbons (Fsp3) is 0.583. The third-order valence-corrected chi connectivity index (χ3v) is 3.91. The lowest BCUT2D eigenvalue weighted by molar-refractivity contribution is -0.128. The molecule has 1 saturated carbocycles. The number of carbonyl (C=O) groups is 1. The second kappa shape index (κ2) is 4.55. The summed E-state index contributed by atoms with van der Waals surface area (Å²) in [5, 5.41) is 16.9. The van der Waals surface area contributed by atoms with E-state index in [9.17, 15) is 9.90 Å². The third kappa shape index (κ3) is 2.44. The molecule has 16 heavy (non-hydrogen) atoms. The summed E-state index contributed by atoms with van der Waals surface area (Å²) in [6, 6.07) is 1.89. The fourth-order valence-electron chi connectivity index (χ4n) is 1.75. The number of thiophene rings is 1. The molecular weight excluding hydrogens is 222 g/mol. The summed E-state index contributed by atoms with van der Waals surface area (Å²) in [7, 11) is 0. The van der Waals surface area contributed by atoms with E-state index < -0.39 is 5.60 Å². The summed E-state index contributed by atoms with van der Waals surface area (Å²) in [5.41, 5.74) is -0.0919. The summed E-state index contributed by atoms with van der Waals surface area (Å²) in [4.78, 5) is 11.6. The first-order valence-corrected chi connectivity index (χ1v) is 6.56. The molecule has 1 aliphatic carbocycles. The van der Waals surface area contributed by atoms with Crippen LogP contribution in [0.25, 0.3) is 0 Å². The molecule has 3 nitrogen and oxygen atoms in total. The number of hydrogen-bond acceptors (Lipinski definition) is 3. The Morgan fingerprint density at radius 3 is 2.94 bits per heavy atom. The smallest absolute Gasteiger partial charge is 0.223 e. The van der Waals surface area contributed by atoms with Crippen LogP contribution >= 0.6 is 11.3 Å². The SMILES string of the molecule is CC(O)(CNC(=O)C1CCC1)c1ccsc1. The van der Waals surface area contributed by atoms with E-state index in [1.54, 1.807) is 18.3 Å². The number of nitrogens with one attached hydrogen (secondary N) is 1. The van der Waals surface area contributed by atoms with E-state index in [0.717, 1.165) is 24.8 Å². The molecule has 0 aliphatic heterocycles. The standard InChI is InChI=1S/C12H17NO2S/c1-12(15,10-5-6-16-7-10)8-13-11(14)9-3-2-4-9/h5-7,9,15H,2-4,8H2,1H3,(H,13,14). The summed E-state index contributed by atoms with van der Waals surface area (Å²) >= 11 is 1.55. The van der Waals surface area contributed by atoms with Gasteiger partial charge in [-0.15, -0.1) is 0 Å². The van der Waals surface area contributed by atoms with Crippen molar-refractivity contribution >= 4 is 17.2 Å². The molecule has 1 atom stereocenters. The van der Waals surface area contributed by atoms with Crippen LogP contribution in [0.1, 0.15) is 31.7 Å². The van der Waals surface area contributed by atoms with Gasteiger partial charge < -0.3 is 10.4 Å². The molecule has 0 spiro atoms. The van der Waals surface area contributed by atoms with Crippen molar-refractivity contribution < 1.29 is 9.90 Å². The van der Waals surface area contributed by atoms with E-state index >= 15 is 0 Å². The van der Waals surface area contributed by atoms with E-state index in [2.05, 4.69) is 5.32 Å². The van der Waals surface area contributed by atoms with Gasteiger partial charge in [-0.1, -0.05) is 6.42 Å². The van der Waals surface area contributed by atoms with Gasteiger partial charge in [-0.3, -0.25) is 4.79 Å². The molecule has 1 aromatic heterocycles. The Labute approximate surface area is 99.5 Å². The molecule has 0 aromatic carbocycles. The highest BCUT2D eigenvalue weighted by molar-refractivity contribution is 7.08. The van der Waals surface area contributed by atoms with Crippen molar-refractivity contribution in [1.82, 2.24) is 5.32 Å². The van der Waals surface area contributed by atoms with Crippen LogP contribution in [0.15, 0.2) is 16.8 Å². The van der Waals surface area contributed by atoms with Crippen LogP contribution in [0.3, 0.4) is 0 Å². The maximum absolute atomic E-state index is 11.6. The van der Waals surface area contributed by atoms with Gasteiger partial charge in [0, 0.05) is 5.92 Å². The predicted molar refractivity (Wildman–Crippen MR) is 64.2 cm³/mol. The van der Waals surface area contributed by atoms with E-state index in [0.29, 0.717) is 6.54 Å². The van der Waals surface area contributed by atoms with E-state index in [4.69, 9.17) is 0 Å². The van der Waals surface area contributed by atoms with Crippen LogP contribution in [-0.2, 0) is 10.4 Å². The molecule has 0 radical (unpaired) electrons. The van der Waals surface area contributed by atoms with Crippen molar-refractivity contribution in [2.24, 2.45) is 5.92 Å². The van der Waals surface area contributed by atoms with Crippen molar-refractivity contribution in [3.63, 3.8) is 0 Å². The summed E-state index contributed by atoms with van der Waals surface area (Å²) in [5.74, 6) is 0.264. The zero-order chi connectivity index (χ0) is 11.6. The Balaban J connectivity index is 1.86. The van der Waals surface area contributed by atoms with Crippen LogP contribution in [0, 0.1) is 5.92 Å². The Hall–Kier alpha value is -0.870. The maximum Gasteiger partial charge on any atom is 0.223 e. The maximum atomic E-state index is 11.6. The highest BCUT2D eigenvalue weighted by Crippen LogP contribution is 2.27. The second-order valence-electron chi connectivity index (χ2n) is 4.63. The van der Waals surface area contributed by atoms with Crippen molar-refractivity contribution in [2.45, 2.75) is 31.8 Å². The molecule has 1 aliphatic rings. The minimum absolute atomic E-state index is 0.0850. The summed E-state index contributed by atoms with van der Waals surface area (Å²) in [6.07, 6.45) is 3.14. The van der Waals surface area contributed by atoms with Crippen LogP contribution in [0.5, 0.6) is 0 Å². The monoisotopic (exact) mass is 239 g/mol. The molecule has 1 unspecified atom stereocenters. The quantitative estimate of drug-likeness (QED) is 0.842. The highest BCUT2D eigenvalue weighted by atomic mass is 32.1. The first-order valence-electron chi connectivity index (χ1n) is 5.62. The first-order chi connectivity index (χ1) is 7.59. The highest BCUT2D eigenvalue weighted by Gasteiger charge is 2.28. The lowest BCUT2D eigenvalue weighted by Crippen LogP contribution is -2.42. The average molecular weight is 239 g/mol. The van der Waals surface area contributed by atoms with Crippen molar-refractivity contribution in [3.8, 4) is 0 Å². The van der Waals surface area contributed by atoms with Gasteiger partial charge in [0.15, 0.2) is 0 Å². The molecule has 2 N–H and O–H groups in total. The Morgan fingerprint density at radius 2 is 2.44 bits per heavy atom. The van der Waals surface area contributed by atoms with Gasteiger partial charge in [-0.05, 0) is 42.2 Å². The molecule has 1 fully saturated rings. The lowest BCUT2D eigenvalue weighted by atomic mass is 9.84. The van der Waals surface area contributed by atoms with Crippen LogP contribution < -0.4 is 5.32 Å². The first kappa shape index (κ1) is 11.6. The number of hydrogen-bond donors (Lipinski definition) is 2. The van der Waals surface area contributed by atoms with Gasteiger partial charge >= 0.3 is 0 Å². The molecule has 1 aromatic rings. The molecule has 0 bridgehead atoms. The zero-order valence-electron chi connectivity index (χ0n) is 9.40. The van der Waals surface area contributed by atoms with Crippen molar-refractivity contribution in [1.29, 1.82) is 0 Å². The number of amides is 1. The van der Waals surface area contributed by atoms with Gasteiger partial charge in [0.05, 0.1) is 6.54 Å². The summed E-state index contributed by atoms with van der Waals surface area (Å²) in [6.45, 7) is 2.02. The molecule has 2 rings (SSSR count). The van der Waals surface area contributed by atoms with Gasteiger partial charge in [-0.2, -0.15) is 11.3 Å². The minimum Gasteiger partial charge on any atom is -0.384 e. The van der Waals surface area contributed by atoms with Crippen molar-refractivity contribution in [3.05, 3.63) is 22.4 Å². The molecule has 0 saturated heterocycles. The normalized spacial score (nSPS) is 19.9. The molecule has 1 heterocycles. The largest absolute Gasteiger partial charge is 0.384 e. The third-order valence-electron chi connectivity index (χ3n) is 3.23. The van der Waals surface area contributed by atoms with Crippen LogP contribution in [0.2, 0.25) is 0 Å². The number of rotatable bonds is 4. The zero-order valence-corrected chi connectivity index (χ0v) is 10.2.